The average molecular weight is 285 g/mol. The van der Waals surface area contributed by atoms with Gasteiger partial charge in [0.1, 0.15) is 0 Å². The Morgan fingerprint density at radius 2 is 2.15 bits per heavy atom. The summed E-state index contributed by atoms with van der Waals surface area (Å²) < 4.78 is 0. The molecule has 0 spiro atoms. The molecular formula is C15H15N3OS. The standard InChI is InChI=1S/C15H15N3OS/c19-15(17-8-6-11-3-2-10-20-11)18-14-5-1-4-13-12(14)7-9-16-13/h1-5,7,9-10,16H,6,8H2,(H2,17,18,19). The van der Waals surface area contributed by atoms with Crippen molar-refractivity contribution in [3.8, 4) is 0 Å². The lowest BCUT2D eigenvalue weighted by atomic mass is 10.2. The minimum atomic E-state index is -0.171. The van der Waals surface area contributed by atoms with Crippen molar-refractivity contribution in [2.75, 3.05) is 11.9 Å². The van der Waals surface area contributed by atoms with Gasteiger partial charge in [-0.25, -0.2) is 4.79 Å². The summed E-state index contributed by atoms with van der Waals surface area (Å²) >= 11 is 1.71. The first-order chi connectivity index (χ1) is 9.83. The molecule has 0 aliphatic heterocycles. The lowest BCUT2D eigenvalue weighted by molar-refractivity contribution is 0.252. The highest BCUT2D eigenvalue weighted by atomic mass is 32.1. The number of anilines is 1. The van der Waals surface area contributed by atoms with Crippen molar-refractivity contribution in [1.82, 2.24) is 10.3 Å². The third-order valence-electron chi connectivity index (χ3n) is 3.08. The third kappa shape index (κ3) is 2.83. The van der Waals surface area contributed by atoms with Gasteiger partial charge in [0.15, 0.2) is 0 Å². The summed E-state index contributed by atoms with van der Waals surface area (Å²) in [5.74, 6) is 0. The molecule has 0 atom stereocenters. The molecule has 0 radical (unpaired) electrons. The number of aromatic nitrogens is 1. The monoisotopic (exact) mass is 285 g/mol. The van der Waals surface area contributed by atoms with Gasteiger partial charge in [-0.15, -0.1) is 11.3 Å². The summed E-state index contributed by atoms with van der Waals surface area (Å²) in [5.41, 5.74) is 1.83. The summed E-state index contributed by atoms with van der Waals surface area (Å²) in [6.45, 7) is 0.634. The predicted molar refractivity (Wildman–Crippen MR) is 83.3 cm³/mol. The van der Waals surface area contributed by atoms with Crippen LogP contribution in [0.3, 0.4) is 0 Å². The number of H-pyrrole nitrogens is 1. The van der Waals surface area contributed by atoms with Crippen LogP contribution in [0.5, 0.6) is 0 Å². The molecular weight excluding hydrogens is 270 g/mol. The van der Waals surface area contributed by atoms with Gasteiger partial charge >= 0.3 is 6.03 Å². The van der Waals surface area contributed by atoms with E-state index in [-0.39, 0.29) is 6.03 Å². The molecule has 102 valence electrons. The van der Waals surface area contributed by atoms with Gasteiger partial charge in [0, 0.05) is 28.5 Å². The second-order valence-corrected chi connectivity index (χ2v) is 5.49. The number of carbonyl (C=O) groups is 1. The molecule has 4 nitrogen and oxygen atoms in total. The van der Waals surface area contributed by atoms with E-state index in [0.717, 1.165) is 23.0 Å². The van der Waals surface area contributed by atoms with E-state index in [1.54, 1.807) is 11.3 Å². The lowest BCUT2D eigenvalue weighted by Gasteiger charge is -2.08. The van der Waals surface area contributed by atoms with Gasteiger partial charge < -0.3 is 15.6 Å². The molecule has 0 saturated heterocycles. The minimum absolute atomic E-state index is 0.171. The van der Waals surface area contributed by atoms with Crippen LogP contribution >= 0.6 is 11.3 Å². The molecule has 2 amide bonds. The first-order valence-electron chi connectivity index (χ1n) is 6.46. The van der Waals surface area contributed by atoms with E-state index < -0.39 is 0 Å². The topological polar surface area (TPSA) is 56.9 Å². The van der Waals surface area contributed by atoms with Crippen molar-refractivity contribution in [1.29, 1.82) is 0 Å². The fourth-order valence-electron chi connectivity index (χ4n) is 2.11. The van der Waals surface area contributed by atoms with E-state index >= 15 is 0 Å². The summed E-state index contributed by atoms with van der Waals surface area (Å²) in [6.07, 6.45) is 2.73. The molecule has 0 aliphatic carbocycles. The number of amides is 2. The molecule has 0 bridgehead atoms. The lowest BCUT2D eigenvalue weighted by Crippen LogP contribution is -2.30. The summed E-state index contributed by atoms with van der Waals surface area (Å²) in [4.78, 5) is 16.3. The number of nitrogens with one attached hydrogen (secondary N) is 3. The molecule has 3 aromatic rings. The maximum absolute atomic E-state index is 11.9. The van der Waals surface area contributed by atoms with Crippen molar-refractivity contribution in [2.24, 2.45) is 0 Å². The van der Waals surface area contributed by atoms with Gasteiger partial charge in [0.25, 0.3) is 0 Å². The SMILES string of the molecule is O=C(NCCc1cccs1)Nc1cccc2[nH]ccc12. The largest absolute Gasteiger partial charge is 0.361 e. The third-order valence-corrected chi connectivity index (χ3v) is 4.02. The molecule has 0 saturated carbocycles. The Morgan fingerprint density at radius 1 is 1.20 bits per heavy atom. The molecule has 3 rings (SSSR count). The number of carbonyl (C=O) groups excluding carboxylic acids is 1. The Labute approximate surface area is 120 Å². The van der Waals surface area contributed by atoms with Crippen LogP contribution in [-0.4, -0.2) is 17.6 Å². The van der Waals surface area contributed by atoms with Gasteiger partial charge in [-0.2, -0.15) is 0 Å². The van der Waals surface area contributed by atoms with Gasteiger partial charge in [-0.05, 0) is 36.1 Å². The van der Waals surface area contributed by atoms with E-state index in [4.69, 9.17) is 0 Å². The summed E-state index contributed by atoms with van der Waals surface area (Å²) in [6, 6.07) is 11.7. The molecule has 5 heteroatoms. The minimum Gasteiger partial charge on any atom is -0.361 e. The quantitative estimate of drug-likeness (QED) is 0.674. The number of rotatable bonds is 4. The van der Waals surface area contributed by atoms with Crippen molar-refractivity contribution >= 4 is 34.0 Å². The van der Waals surface area contributed by atoms with Gasteiger partial charge in [-0.3, -0.25) is 0 Å². The normalized spacial score (nSPS) is 10.6. The van der Waals surface area contributed by atoms with Crippen LogP contribution in [0.25, 0.3) is 10.9 Å². The molecule has 0 unspecified atom stereocenters. The molecule has 2 aromatic heterocycles. The van der Waals surface area contributed by atoms with Crippen LogP contribution in [0.2, 0.25) is 0 Å². The number of hydrogen-bond donors (Lipinski definition) is 3. The van der Waals surface area contributed by atoms with Crippen LogP contribution in [0.15, 0.2) is 48.0 Å². The van der Waals surface area contributed by atoms with E-state index in [9.17, 15) is 4.79 Å². The van der Waals surface area contributed by atoms with Crippen LogP contribution in [0, 0.1) is 0 Å². The predicted octanol–water partition coefficient (Wildman–Crippen LogP) is 3.59. The van der Waals surface area contributed by atoms with Crippen molar-refractivity contribution in [2.45, 2.75) is 6.42 Å². The smallest absolute Gasteiger partial charge is 0.319 e. The highest BCUT2D eigenvalue weighted by Crippen LogP contribution is 2.21. The molecule has 1 aromatic carbocycles. The zero-order valence-electron chi connectivity index (χ0n) is 10.8. The number of hydrogen-bond acceptors (Lipinski definition) is 2. The molecule has 3 N–H and O–H groups in total. The van der Waals surface area contributed by atoms with Crippen LogP contribution in [0.1, 0.15) is 4.88 Å². The summed E-state index contributed by atoms with van der Waals surface area (Å²) in [7, 11) is 0. The van der Waals surface area contributed by atoms with E-state index in [2.05, 4.69) is 21.7 Å². The second kappa shape index (κ2) is 5.79. The zero-order valence-corrected chi connectivity index (χ0v) is 11.7. The molecule has 0 fully saturated rings. The van der Waals surface area contributed by atoms with Crippen molar-refractivity contribution in [3.63, 3.8) is 0 Å². The Hall–Kier alpha value is -2.27. The van der Waals surface area contributed by atoms with Crippen molar-refractivity contribution in [3.05, 3.63) is 52.9 Å². The van der Waals surface area contributed by atoms with E-state index in [0.29, 0.717) is 6.54 Å². The van der Waals surface area contributed by atoms with Gasteiger partial charge in [0.05, 0.1) is 5.69 Å². The number of fused-ring (bicyclic) bond motifs is 1. The van der Waals surface area contributed by atoms with Gasteiger partial charge in [0.2, 0.25) is 0 Å². The maximum Gasteiger partial charge on any atom is 0.319 e. The highest BCUT2D eigenvalue weighted by molar-refractivity contribution is 7.09. The zero-order chi connectivity index (χ0) is 13.8. The van der Waals surface area contributed by atoms with Crippen LogP contribution in [0.4, 0.5) is 10.5 Å². The number of aromatic amines is 1. The van der Waals surface area contributed by atoms with Crippen LogP contribution in [-0.2, 0) is 6.42 Å². The Kier molecular flexibility index (Phi) is 3.69. The highest BCUT2D eigenvalue weighted by Gasteiger charge is 2.05. The van der Waals surface area contributed by atoms with Crippen molar-refractivity contribution < 1.29 is 4.79 Å². The molecule has 20 heavy (non-hydrogen) atoms. The van der Waals surface area contributed by atoms with Crippen LogP contribution < -0.4 is 10.6 Å². The number of thiophene rings is 1. The van der Waals surface area contributed by atoms with E-state index in [1.807, 2.05) is 41.9 Å². The van der Waals surface area contributed by atoms with E-state index in [1.165, 1.54) is 4.88 Å². The Bertz CT molecular complexity index is 703. The second-order valence-electron chi connectivity index (χ2n) is 4.45. The number of benzene rings is 1. The summed E-state index contributed by atoms with van der Waals surface area (Å²) in [5, 5.41) is 8.82. The Morgan fingerprint density at radius 3 is 3.00 bits per heavy atom. The first-order valence-corrected chi connectivity index (χ1v) is 7.34. The molecule has 2 heterocycles. The average Bonchev–Trinajstić information content (AvgIpc) is 3.09. The maximum atomic E-state index is 11.9. The van der Waals surface area contributed by atoms with Gasteiger partial charge in [-0.1, -0.05) is 12.1 Å². The fourth-order valence-corrected chi connectivity index (χ4v) is 2.82. The molecule has 0 aliphatic rings. The fraction of sp³-hybridized carbons (Fsp3) is 0.133. The Balaban J connectivity index is 1.57. The first kappa shape index (κ1) is 12.7. The number of urea groups is 1.